The van der Waals surface area contributed by atoms with E-state index in [1.807, 2.05) is 0 Å². The minimum atomic E-state index is -0.202. The van der Waals surface area contributed by atoms with Gasteiger partial charge >= 0.3 is 0 Å². The highest BCUT2D eigenvalue weighted by molar-refractivity contribution is 6.09. The van der Waals surface area contributed by atoms with Crippen LogP contribution in [-0.2, 0) is 5.54 Å². The van der Waals surface area contributed by atoms with Crippen LogP contribution in [0.5, 0.6) is 0 Å². The molecule has 6 aromatic rings. The monoisotopic (exact) mass is 547 g/mol. The van der Waals surface area contributed by atoms with E-state index in [9.17, 15) is 0 Å². The lowest BCUT2D eigenvalue weighted by atomic mass is 9.88. The van der Waals surface area contributed by atoms with E-state index in [1.54, 1.807) is 0 Å². The lowest BCUT2D eigenvalue weighted by Crippen LogP contribution is -2.40. The number of hydrogen-bond donors (Lipinski definition) is 0. The first-order chi connectivity index (χ1) is 20.3. The summed E-state index contributed by atoms with van der Waals surface area (Å²) < 4.78 is 2.40. The molecule has 2 heteroatoms. The van der Waals surface area contributed by atoms with Crippen LogP contribution in [-0.4, -0.2) is 4.57 Å². The Bertz CT molecular complexity index is 1840. The van der Waals surface area contributed by atoms with Crippen molar-refractivity contribution in [2.24, 2.45) is 0 Å². The second-order valence-corrected chi connectivity index (χ2v) is 12.8. The Balaban J connectivity index is 1.43. The van der Waals surface area contributed by atoms with Crippen LogP contribution >= 0.6 is 0 Å². The van der Waals surface area contributed by atoms with Crippen molar-refractivity contribution in [3.63, 3.8) is 0 Å². The van der Waals surface area contributed by atoms with Gasteiger partial charge in [0.1, 0.15) is 6.04 Å². The van der Waals surface area contributed by atoms with Gasteiger partial charge in [0.05, 0.1) is 16.6 Å². The third kappa shape index (κ3) is 3.92. The van der Waals surface area contributed by atoms with Crippen molar-refractivity contribution in [2.45, 2.75) is 58.9 Å². The van der Waals surface area contributed by atoms with Gasteiger partial charge in [0.25, 0.3) is 0 Å². The first-order valence-electron chi connectivity index (χ1n) is 15.3. The fraction of sp³-hybridized carbons (Fsp3) is 0.225. The molecule has 1 aliphatic rings. The molecule has 7 rings (SSSR count). The predicted molar refractivity (Wildman–Crippen MR) is 179 cm³/mol. The van der Waals surface area contributed by atoms with Crippen LogP contribution in [0, 0.1) is 6.04 Å². The number of fused-ring (bicyclic) bond motifs is 4. The van der Waals surface area contributed by atoms with Crippen LogP contribution in [0.15, 0.2) is 115 Å². The van der Waals surface area contributed by atoms with Crippen LogP contribution < -0.4 is 4.90 Å². The summed E-state index contributed by atoms with van der Waals surface area (Å²) in [4.78, 5) is 2.65. The number of hydrogen-bond acceptors (Lipinski definition) is 1. The third-order valence-corrected chi connectivity index (χ3v) is 9.17. The van der Waals surface area contributed by atoms with E-state index in [-0.39, 0.29) is 5.54 Å². The van der Waals surface area contributed by atoms with Crippen LogP contribution in [0.1, 0.15) is 81.2 Å². The lowest BCUT2D eigenvalue weighted by Gasteiger charge is -2.41. The zero-order chi connectivity index (χ0) is 29.2. The molecule has 1 radical (unpaired) electrons. The zero-order valence-corrected chi connectivity index (χ0v) is 25.5. The fourth-order valence-electron chi connectivity index (χ4n) is 7.16. The molecule has 0 spiro atoms. The topological polar surface area (TPSA) is 8.17 Å². The molecule has 0 saturated heterocycles. The maximum atomic E-state index is 2.65. The van der Waals surface area contributed by atoms with Gasteiger partial charge < -0.3 is 9.47 Å². The Kier molecular flexibility index (Phi) is 6.27. The lowest BCUT2D eigenvalue weighted by molar-refractivity contribution is 0.529. The van der Waals surface area contributed by atoms with E-state index in [4.69, 9.17) is 0 Å². The van der Waals surface area contributed by atoms with Crippen molar-refractivity contribution in [1.82, 2.24) is 4.57 Å². The number of anilines is 1. The van der Waals surface area contributed by atoms with Crippen LogP contribution in [0.3, 0.4) is 0 Å². The smallest absolute Gasteiger partial charge is 0.124 e. The summed E-state index contributed by atoms with van der Waals surface area (Å²) in [6.07, 6.45) is 0. The minimum Gasteiger partial charge on any atom is -0.345 e. The largest absolute Gasteiger partial charge is 0.345 e. The van der Waals surface area contributed by atoms with Crippen molar-refractivity contribution in [1.29, 1.82) is 0 Å². The molecule has 0 aliphatic carbocycles. The van der Waals surface area contributed by atoms with E-state index in [0.29, 0.717) is 11.8 Å². The molecular formula is C40H39N2. The van der Waals surface area contributed by atoms with Crippen molar-refractivity contribution in [3.8, 4) is 5.69 Å². The number of para-hydroxylation sites is 3. The molecule has 2 nitrogen and oxygen atoms in total. The molecule has 0 saturated carbocycles. The van der Waals surface area contributed by atoms with Gasteiger partial charge in [-0.15, -0.1) is 0 Å². The first-order valence-corrected chi connectivity index (χ1v) is 15.3. The number of nitrogens with zero attached hydrogens (tertiary/aromatic N) is 2. The summed E-state index contributed by atoms with van der Waals surface area (Å²) in [6.45, 7) is 14.0. The van der Waals surface area contributed by atoms with Crippen molar-refractivity contribution in [3.05, 3.63) is 149 Å². The normalized spacial score (nSPS) is 14.9. The maximum absolute atomic E-state index is 2.65. The van der Waals surface area contributed by atoms with Gasteiger partial charge in [-0.05, 0) is 77.8 Å². The number of aromatic nitrogens is 1. The molecule has 0 bridgehead atoms. The quantitative estimate of drug-likeness (QED) is 0.208. The maximum Gasteiger partial charge on any atom is 0.124 e. The Labute approximate surface area is 250 Å². The van der Waals surface area contributed by atoms with E-state index in [2.05, 4.69) is 166 Å². The SMILES string of the molecule is CC(C)c1cccc(C(C)C)c1N1[C](c2ccc(-n3c4ccccc4c4ccccc43)cc2)c2ccccc2C1(C)C. The molecular weight excluding hydrogens is 508 g/mol. The molecule has 42 heavy (non-hydrogen) atoms. The molecule has 0 N–H and O–H groups in total. The molecule has 5 aromatic carbocycles. The molecule has 209 valence electrons. The van der Waals surface area contributed by atoms with E-state index in [1.165, 1.54) is 67.0 Å². The second-order valence-electron chi connectivity index (χ2n) is 12.8. The van der Waals surface area contributed by atoms with Crippen LogP contribution in [0.25, 0.3) is 27.5 Å². The number of rotatable bonds is 5. The van der Waals surface area contributed by atoms with Gasteiger partial charge in [-0.2, -0.15) is 0 Å². The molecule has 0 unspecified atom stereocenters. The van der Waals surface area contributed by atoms with Crippen LogP contribution in [0.2, 0.25) is 0 Å². The van der Waals surface area contributed by atoms with E-state index in [0.717, 1.165) is 0 Å². The Hall–Kier alpha value is -4.30. The summed E-state index contributed by atoms with van der Waals surface area (Å²) >= 11 is 0. The summed E-state index contributed by atoms with van der Waals surface area (Å²) in [7, 11) is 0. The molecule has 0 amide bonds. The van der Waals surface area contributed by atoms with Crippen LogP contribution in [0.4, 0.5) is 5.69 Å². The van der Waals surface area contributed by atoms with Gasteiger partial charge in [0, 0.05) is 22.1 Å². The van der Waals surface area contributed by atoms with Crippen molar-refractivity contribution in [2.75, 3.05) is 4.90 Å². The van der Waals surface area contributed by atoms with Gasteiger partial charge in [0.2, 0.25) is 0 Å². The van der Waals surface area contributed by atoms with Gasteiger partial charge in [0.15, 0.2) is 0 Å². The third-order valence-electron chi connectivity index (χ3n) is 9.17. The Morgan fingerprint density at radius 3 is 1.64 bits per heavy atom. The average molecular weight is 548 g/mol. The molecule has 1 aromatic heterocycles. The highest BCUT2D eigenvalue weighted by atomic mass is 15.3. The minimum absolute atomic E-state index is 0.202. The highest BCUT2D eigenvalue weighted by Crippen LogP contribution is 2.53. The summed E-state index contributed by atoms with van der Waals surface area (Å²) in [5.74, 6) is 0.828. The molecule has 0 fully saturated rings. The van der Waals surface area contributed by atoms with Gasteiger partial charge in [-0.25, -0.2) is 0 Å². The predicted octanol–water partition coefficient (Wildman–Crippen LogP) is 10.7. The molecule has 0 atom stereocenters. The Morgan fingerprint density at radius 1 is 0.548 bits per heavy atom. The van der Waals surface area contributed by atoms with E-state index >= 15 is 0 Å². The Morgan fingerprint density at radius 2 is 1.07 bits per heavy atom. The summed E-state index contributed by atoms with van der Waals surface area (Å²) in [5, 5.41) is 2.58. The zero-order valence-electron chi connectivity index (χ0n) is 25.5. The number of benzene rings is 5. The standard InChI is InChI=1S/C40H39N2/c1-26(2)30-17-13-18-31(27(3)4)39(30)42-38(34-16-7-10-19-35(34)40(42,5)6)28-22-24-29(25-23-28)41-36-20-11-8-14-32(36)33-15-9-12-21-37(33)41/h7-27H,1-6H3. The summed E-state index contributed by atoms with van der Waals surface area (Å²) in [6, 6.07) is 43.9. The average Bonchev–Trinajstić information content (AvgIpc) is 3.45. The second kappa shape index (κ2) is 9.91. The first kappa shape index (κ1) is 26.6. The van der Waals surface area contributed by atoms with E-state index < -0.39 is 0 Å². The van der Waals surface area contributed by atoms with Crippen molar-refractivity contribution >= 4 is 27.5 Å². The molecule has 2 heterocycles. The summed E-state index contributed by atoms with van der Waals surface area (Å²) in [5.41, 5.74) is 11.6. The molecule has 1 aliphatic heterocycles. The van der Waals surface area contributed by atoms with Crippen molar-refractivity contribution < 1.29 is 0 Å². The highest BCUT2D eigenvalue weighted by Gasteiger charge is 2.47. The van der Waals surface area contributed by atoms with Gasteiger partial charge in [-0.3, -0.25) is 0 Å². The fourth-order valence-corrected chi connectivity index (χ4v) is 7.16. The van der Waals surface area contributed by atoms with Gasteiger partial charge in [-0.1, -0.05) is 119 Å².